The van der Waals surface area contributed by atoms with E-state index in [1.54, 1.807) is 18.4 Å². The first-order valence-electron chi connectivity index (χ1n) is 7.26. The highest BCUT2D eigenvalue weighted by Crippen LogP contribution is 2.41. The number of hydrogen-bond acceptors (Lipinski definition) is 5. The van der Waals surface area contributed by atoms with E-state index in [-0.39, 0.29) is 18.9 Å². The Hall–Kier alpha value is -1.89. The highest BCUT2D eigenvalue weighted by atomic mass is 32.1. The molecule has 1 saturated carbocycles. The van der Waals surface area contributed by atoms with E-state index in [9.17, 15) is 19.5 Å². The number of ether oxygens (including phenoxy) is 1. The molecule has 0 aromatic carbocycles. The number of carboxylic acids is 1. The lowest BCUT2D eigenvalue weighted by molar-refractivity contribution is -0.150. The fourth-order valence-corrected chi connectivity index (χ4v) is 3.56. The van der Waals surface area contributed by atoms with E-state index in [1.165, 1.54) is 11.3 Å². The predicted molar refractivity (Wildman–Crippen MR) is 82.1 cm³/mol. The highest BCUT2D eigenvalue weighted by molar-refractivity contribution is 7.14. The third kappa shape index (κ3) is 3.47. The largest absolute Gasteiger partial charge is 0.481 e. The monoisotopic (exact) mass is 325 g/mol. The molecule has 1 heterocycles. The van der Waals surface area contributed by atoms with Gasteiger partial charge < -0.3 is 15.2 Å². The first kappa shape index (κ1) is 16.5. The molecule has 2 rings (SSSR count). The van der Waals surface area contributed by atoms with Crippen molar-refractivity contribution in [2.45, 2.75) is 39.0 Å². The molecule has 1 aliphatic rings. The van der Waals surface area contributed by atoms with Crippen LogP contribution in [0.5, 0.6) is 0 Å². The van der Waals surface area contributed by atoms with Crippen molar-refractivity contribution in [2.75, 3.05) is 11.9 Å². The minimum absolute atomic E-state index is 0.0670. The van der Waals surface area contributed by atoms with Gasteiger partial charge in [-0.15, -0.1) is 11.3 Å². The molecule has 1 aromatic heterocycles. The number of carbonyl (C=O) groups is 3. The number of esters is 1. The molecule has 1 fully saturated rings. The molecule has 0 bridgehead atoms. The van der Waals surface area contributed by atoms with Crippen molar-refractivity contribution < 1.29 is 24.2 Å². The fourth-order valence-electron chi connectivity index (χ4n) is 2.77. The van der Waals surface area contributed by atoms with Crippen LogP contribution in [0.3, 0.4) is 0 Å². The Labute approximate surface area is 132 Å². The number of rotatable bonds is 6. The van der Waals surface area contributed by atoms with Gasteiger partial charge in [-0.05, 0) is 31.2 Å². The van der Waals surface area contributed by atoms with Crippen molar-refractivity contribution in [1.29, 1.82) is 0 Å². The van der Waals surface area contributed by atoms with Crippen LogP contribution in [-0.2, 0) is 14.3 Å². The zero-order chi connectivity index (χ0) is 16.2. The second kappa shape index (κ2) is 6.91. The quantitative estimate of drug-likeness (QED) is 0.785. The van der Waals surface area contributed by atoms with Crippen LogP contribution in [-0.4, -0.2) is 29.6 Å². The number of hydrogen-bond donors (Lipinski definition) is 2. The molecule has 0 saturated heterocycles. The van der Waals surface area contributed by atoms with Gasteiger partial charge in [-0.2, -0.15) is 0 Å². The van der Waals surface area contributed by atoms with Gasteiger partial charge in [0.25, 0.3) is 0 Å². The minimum atomic E-state index is -0.967. The summed E-state index contributed by atoms with van der Waals surface area (Å²) in [6, 6.07) is 1.58. The zero-order valence-electron chi connectivity index (χ0n) is 12.4. The summed E-state index contributed by atoms with van der Waals surface area (Å²) in [7, 11) is 0. The first-order chi connectivity index (χ1) is 10.5. The Morgan fingerprint density at radius 1 is 1.36 bits per heavy atom. The molecule has 0 radical (unpaired) electrons. The van der Waals surface area contributed by atoms with Crippen molar-refractivity contribution in [1.82, 2.24) is 0 Å². The molecule has 1 aromatic rings. The van der Waals surface area contributed by atoms with Crippen LogP contribution in [0.4, 0.5) is 5.00 Å². The molecule has 0 aliphatic heterocycles. The maximum atomic E-state index is 12.2. The van der Waals surface area contributed by atoms with Crippen molar-refractivity contribution in [2.24, 2.45) is 5.41 Å². The average molecular weight is 325 g/mol. The topological polar surface area (TPSA) is 92.7 Å². The van der Waals surface area contributed by atoms with E-state index in [0.29, 0.717) is 23.4 Å². The van der Waals surface area contributed by atoms with Gasteiger partial charge in [0.05, 0.1) is 17.6 Å². The summed E-state index contributed by atoms with van der Waals surface area (Å²) in [5.41, 5.74) is -0.665. The molecule has 6 nitrogen and oxygen atoms in total. The minimum Gasteiger partial charge on any atom is -0.481 e. The van der Waals surface area contributed by atoms with Crippen LogP contribution in [0, 0.1) is 5.41 Å². The van der Waals surface area contributed by atoms with Crippen LogP contribution in [0.25, 0.3) is 0 Å². The lowest BCUT2D eigenvalue weighted by Gasteiger charge is -2.22. The summed E-state index contributed by atoms with van der Waals surface area (Å²) >= 11 is 1.22. The summed E-state index contributed by atoms with van der Waals surface area (Å²) in [5, 5.41) is 14.1. The summed E-state index contributed by atoms with van der Waals surface area (Å²) < 4.78 is 4.92. The van der Waals surface area contributed by atoms with Crippen LogP contribution >= 0.6 is 11.3 Å². The Morgan fingerprint density at radius 3 is 2.64 bits per heavy atom. The molecule has 2 N–H and O–H groups in total. The van der Waals surface area contributed by atoms with Crippen LogP contribution in [0.15, 0.2) is 11.4 Å². The Morgan fingerprint density at radius 2 is 2.05 bits per heavy atom. The number of nitrogens with one attached hydrogen (secondary N) is 1. The Kier molecular flexibility index (Phi) is 5.18. The van der Waals surface area contributed by atoms with Crippen molar-refractivity contribution in [3.05, 3.63) is 17.0 Å². The second-order valence-electron chi connectivity index (χ2n) is 5.40. The molecular weight excluding hydrogens is 306 g/mol. The fraction of sp³-hybridized carbons (Fsp3) is 0.533. The van der Waals surface area contributed by atoms with Crippen molar-refractivity contribution in [3.63, 3.8) is 0 Å². The van der Waals surface area contributed by atoms with E-state index in [0.717, 1.165) is 12.8 Å². The van der Waals surface area contributed by atoms with E-state index in [1.807, 2.05) is 0 Å². The standard InChI is InChI=1S/C15H19NO5S/c1-2-21-13(18)10-5-8-22-12(10)16-11(17)9-15(14(19)20)6-3-4-7-15/h5,8H,2-4,6-7,9H2,1H3,(H,16,17)(H,19,20). The van der Waals surface area contributed by atoms with Gasteiger partial charge in [0, 0.05) is 6.42 Å². The van der Waals surface area contributed by atoms with E-state index in [4.69, 9.17) is 4.74 Å². The summed E-state index contributed by atoms with van der Waals surface area (Å²) in [4.78, 5) is 35.4. The second-order valence-corrected chi connectivity index (χ2v) is 6.32. The van der Waals surface area contributed by atoms with E-state index in [2.05, 4.69) is 5.32 Å². The lowest BCUT2D eigenvalue weighted by Crippen LogP contribution is -2.32. The molecule has 0 spiro atoms. The van der Waals surface area contributed by atoms with Crippen LogP contribution in [0.1, 0.15) is 49.4 Å². The zero-order valence-corrected chi connectivity index (χ0v) is 13.2. The van der Waals surface area contributed by atoms with E-state index < -0.39 is 17.4 Å². The molecule has 0 atom stereocenters. The van der Waals surface area contributed by atoms with Gasteiger partial charge >= 0.3 is 11.9 Å². The predicted octanol–water partition coefficient (Wildman–Crippen LogP) is 2.90. The van der Waals surface area contributed by atoms with Gasteiger partial charge in [-0.3, -0.25) is 9.59 Å². The summed E-state index contributed by atoms with van der Waals surface area (Å²) in [5.74, 6) is -1.79. The van der Waals surface area contributed by atoms with Crippen molar-refractivity contribution >= 4 is 34.2 Å². The lowest BCUT2D eigenvalue weighted by atomic mass is 9.82. The number of anilines is 1. The van der Waals surface area contributed by atoms with Crippen LogP contribution < -0.4 is 5.32 Å². The molecule has 0 unspecified atom stereocenters. The van der Waals surface area contributed by atoms with Gasteiger partial charge in [-0.1, -0.05) is 12.8 Å². The summed E-state index contributed by atoms with van der Waals surface area (Å²) in [6.45, 7) is 1.96. The smallest absolute Gasteiger partial charge is 0.341 e. The third-order valence-corrected chi connectivity index (χ3v) is 4.76. The van der Waals surface area contributed by atoms with Gasteiger partial charge in [0.1, 0.15) is 5.00 Å². The van der Waals surface area contributed by atoms with Gasteiger partial charge in [-0.25, -0.2) is 4.79 Å². The SMILES string of the molecule is CCOC(=O)c1ccsc1NC(=O)CC1(C(=O)O)CCCC1. The maximum Gasteiger partial charge on any atom is 0.341 e. The Balaban J connectivity index is 2.05. The molecule has 7 heteroatoms. The molecular formula is C15H19NO5S. The molecule has 1 amide bonds. The number of thiophene rings is 1. The molecule has 22 heavy (non-hydrogen) atoms. The first-order valence-corrected chi connectivity index (χ1v) is 8.14. The Bertz CT molecular complexity index is 574. The van der Waals surface area contributed by atoms with Crippen LogP contribution in [0.2, 0.25) is 0 Å². The van der Waals surface area contributed by atoms with Crippen molar-refractivity contribution in [3.8, 4) is 0 Å². The third-order valence-electron chi connectivity index (χ3n) is 3.93. The maximum absolute atomic E-state index is 12.2. The molecule has 120 valence electrons. The average Bonchev–Trinajstić information content (AvgIpc) is 3.09. The number of amides is 1. The van der Waals surface area contributed by atoms with Gasteiger partial charge in [0.15, 0.2) is 0 Å². The van der Waals surface area contributed by atoms with E-state index >= 15 is 0 Å². The molecule has 1 aliphatic carbocycles. The summed E-state index contributed by atoms with van der Waals surface area (Å²) in [6.07, 6.45) is 2.62. The number of carbonyl (C=O) groups excluding carboxylic acids is 2. The normalized spacial score (nSPS) is 16.2. The van der Waals surface area contributed by atoms with Gasteiger partial charge in [0.2, 0.25) is 5.91 Å². The number of aliphatic carboxylic acids is 1. The number of carboxylic acid groups (broad SMARTS) is 1. The highest BCUT2D eigenvalue weighted by Gasteiger charge is 2.43.